The third kappa shape index (κ3) is 7.50. The molecule has 0 radical (unpaired) electrons. The highest BCUT2D eigenvalue weighted by atomic mass is 32.2. The van der Waals surface area contributed by atoms with Gasteiger partial charge < -0.3 is 15.5 Å². The molecule has 182 valence electrons. The van der Waals surface area contributed by atoms with E-state index in [9.17, 15) is 14.4 Å². The molecule has 1 atom stereocenters. The van der Waals surface area contributed by atoms with Crippen molar-refractivity contribution in [2.75, 3.05) is 39.0 Å². The highest BCUT2D eigenvalue weighted by Gasteiger charge is 2.33. The Kier molecular flexibility index (Phi) is 9.78. The number of thioether (sulfide) groups is 1. The monoisotopic (exact) mass is 483 g/mol. The van der Waals surface area contributed by atoms with Crippen molar-refractivity contribution in [3.05, 3.63) is 71.8 Å². The first-order valence-electron chi connectivity index (χ1n) is 11.4. The number of carbonyl (C=O) groups excluding carboxylic acids is 3. The molecule has 9 heteroatoms. The summed E-state index contributed by atoms with van der Waals surface area (Å²) >= 11 is 1.75. The largest absolute Gasteiger partial charge is 0.353 e. The van der Waals surface area contributed by atoms with Gasteiger partial charge in [0.25, 0.3) is 0 Å². The molecule has 2 aromatic carbocycles. The van der Waals surface area contributed by atoms with Crippen molar-refractivity contribution in [3.8, 4) is 0 Å². The van der Waals surface area contributed by atoms with Crippen LogP contribution in [0.3, 0.4) is 0 Å². The number of nitrogens with one attached hydrogen (secondary N) is 2. The van der Waals surface area contributed by atoms with Crippen molar-refractivity contribution in [2.45, 2.75) is 25.3 Å². The molecule has 1 aliphatic heterocycles. The Balaban J connectivity index is 1.64. The lowest BCUT2D eigenvalue weighted by molar-refractivity contribution is -0.144. The Morgan fingerprint density at radius 1 is 1.06 bits per heavy atom. The summed E-state index contributed by atoms with van der Waals surface area (Å²) in [5, 5.41) is 8.57. The van der Waals surface area contributed by atoms with E-state index < -0.39 is 12.1 Å². The number of hydrazine groups is 1. The molecule has 0 saturated carbocycles. The Morgan fingerprint density at radius 2 is 1.71 bits per heavy atom. The van der Waals surface area contributed by atoms with E-state index in [4.69, 9.17) is 0 Å². The van der Waals surface area contributed by atoms with Gasteiger partial charge in [-0.05, 0) is 18.1 Å². The zero-order chi connectivity index (χ0) is 24.3. The zero-order valence-electron chi connectivity index (χ0n) is 19.8. The minimum Gasteiger partial charge on any atom is -0.353 e. The molecule has 2 N–H and O–H groups in total. The molecule has 0 bridgehead atoms. The summed E-state index contributed by atoms with van der Waals surface area (Å²) in [4.78, 5) is 40.6. The predicted octanol–water partition coefficient (Wildman–Crippen LogP) is 2.33. The molecule has 1 heterocycles. The molecule has 0 unspecified atom stereocenters. The molecule has 0 aliphatic carbocycles. The van der Waals surface area contributed by atoms with Crippen molar-refractivity contribution in [1.82, 2.24) is 25.6 Å². The van der Waals surface area contributed by atoms with Crippen LogP contribution in [0.15, 0.2) is 60.7 Å². The van der Waals surface area contributed by atoms with Crippen LogP contribution in [0.25, 0.3) is 0 Å². The van der Waals surface area contributed by atoms with E-state index in [1.54, 1.807) is 30.6 Å². The fraction of sp³-hybridized carbons (Fsp3) is 0.400. The van der Waals surface area contributed by atoms with Gasteiger partial charge in [-0.15, -0.1) is 0 Å². The van der Waals surface area contributed by atoms with E-state index in [0.717, 1.165) is 17.1 Å². The topological polar surface area (TPSA) is 85.0 Å². The van der Waals surface area contributed by atoms with Crippen LogP contribution in [0, 0.1) is 0 Å². The number of benzene rings is 2. The second-order valence-corrected chi connectivity index (χ2v) is 9.30. The van der Waals surface area contributed by atoms with Gasteiger partial charge in [0.2, 0.25) is 11.8 Å². The molecule has 4 amide bonds. The Labute approximate surface area is 205 Å². The summed E-state index contributed by atoms with van der Waals surface area (Å²) in [5.41, 5.74) is 2.19. The number of carbonyl (C=O) groups is 3. The van der Waals surface area contributed by atoms with Crippen LogP contribution in [0.2, 0.25) is 0 Å². The summed E-state index contributed by atoms with van der Waals surface area (Å²) in [6.45, 7) is 3.36. The van der Waals surface area contributed by atoms with Crippen molar-refractivity contribution < 1.29 is 14.4 Å². The fourth-order valence-corrected chi connectivity index (χ4v) is 4.71. The third-order valence-electron chi connectivity index (χ3n) is 5.59. The molecule has 1 saturated heterocycles. The van der Waals surface area contributed by atoms with Gasteiger partial charge in [-0.25, -0.2) is 14.8 Å². The number of rotatable bonds is 7. The number of likely N-dealkylation sites (N-methyl/N-ethyl adjacent to an activating group) is 1. The lowest BCUT2D eigenvalue weighted by Crippen LogP contribution is -2.61. The first-order valence-corrected chi connectivity index (χ1v) is 12.6. The first kappa shape index (κ1) is 25.6. The summed E-state index contributed by atoms with van der Waals surface area (Å²) in [6, 6.07) is 18.6. The molecule has 34 heavy (non-hydrogen) atoms. The van der Waals surface area contributed by atoms with Crippen LogP contribution >= 0.6 is 11.8 Å². The van der Waals surface area contributed by atoms with Crippen molar-refractivity contribution in [2.24, 2.45) is 0 Å². The van der Waals surface area contributed by atoms with E-state index in [0.29, 0.717) is 26.2 Å². The molecule has 0 aromatic heterocycles. The van der Waals surface area contributed by atoms with Crippen LogP contribution in [0.1, 0.15) is 18.1 Å². The highest BCUT2D eigenvalue weighted by Crippen LogP contribution is 2.14. The number of hydrogen-bond donors (Lipinski definition) is 2. The van der Waals surface area contributed by atoms with Gasteiger partial charge in [-0.1, -0.05) is 60.7 Å². The van der Waals surface area contributed by atoms with Crippen LogP contribution in [0.5, 0.6) is 0 Å². The van der Waals surface area contributed by atoms with Crippen LogP contribution in [-0.2, 0) is 21.9 Å². The molecule has 0 spiro atoms. The second-order valence-electron chi connectivity index (χ2n) is 8.19. The zero-order valence-corrected chi connectivity index (χ0v) is 20.6. The maximum absolute atomic E-state index is 13.4. The number of hydrogen-bond acceptors (Lipinski definition) is 5. The van der Waals surface area contributed by atoms with Gasteiger partial charge in [0.15, 0.2) is 0 Å². The predicted molar refractivity (Wildman–Crippen MR) is 135 cm³/mol. The van der Waals surface area contributed by atoms with Gasteiger partial charge in [0, 0.05) is 44.7 Å². The lowest BCUT2D eigenvalue weighted by atomic mass is 10.2. The molecular weight excluding hydrogens is 450 g/mol. The van der Waals surface area contributed by atoms with E-state index in [1.165, 1.54) is 15.6 Å². The Bertz CT molecular complexity index is 944. The highest BCUT2D eigenvalue weighted by molar-refractivity contribution is 7.98. The maximum atomic E-state index is 13.4. The molecule has 8 nitrogen and oxygen atoms in total. The summed E-state index contributed by atoms with van der Waals surface area (Å²) in [7, 11) is 1.65. The quantitative estimate of drug-likeness (QED) is 0.591. The minimum atomic E-state index is -0.745. The smallest absolute Gasteiger partial charge is 0.332 e. The average Bonchev–Trinajstić information content (AvgIpc) is 2.84. The standard InChI is InChI=1S/C25H33N5O3S/c1-20-24(32)29(15-16-34-19-22-11-7-4-8-12-22)14-13-26-23(31)18-28(2)30(20)25(33)27-17-21-9-5-3-6-10-21/h3-12,20H,13-19H2,1-2H3,(H,26,31)(H,27,33)/t20-/m0/s1. The van der Waals surface area contributed by atoms with Crippen LogP contribution < -0.4 is 10.6 Å². The van der Waals surface area contributed by atoms with Crippen LogP contribution in [0.4, 0.5) is 4.79 Å². The first-order chi connectivity index (χ1) is 16.5. The third-order valence-corrected chi connectivity index (χ3v) is 6.60. The Morgan fingerprint density at radius 3 is 2.38 bits per heavy atom. The lowest BCUT2D eigenvalue weighted by Gasteiger charge is -2.38. The summed E-state index contributed by atoms with van der Waals surface area (Å²) in [5.74, 6) is 1.30. The van der Waals surface area contributed by atoms with Gasteiger partial charge in [0.1, 0.15) is 6.04 Å². The van der Waals surface area contributed by atoms with Crippen molar-refractivity contribution in [3.63, 3.8) is 0 Å². The fourth-order valence-electron chi connectivity index (χ4n) is 3.79. The van der Waals surface area contributed by atoms with E-state index in [1.807, 2.05) is 48.5 Å². The molecule has 1 aliphatic rings. The van der Waals surface area contributed by atoms with Gasteiger partial charge in [-0.2, -0.15) is 11.8 Å². The van der Waals surface area contributed by atoms with Crippen molar-refractivity contribution >= 4 is 29.6 Å². The van der Waals surface area contributed by atoms with E-state index in [2.05, 4.69) is 22.8 Å². The minimum absolute atomic E-state index is 0.0106. The SMILES string of the molecule is C[C@H]1C(=O)N(CCSCc2ccccc2)CCNC(=O)CN(C)N1C(=O)NCc1ccccc1. The average molecular weight is 484 g/mol. The van der Waals surface area contributed by atoms with Gasteiger partial charge in [0.05, 0.1) is 6.54 Å². The van der Waals surface area contributed by atoms with Gasteiger partial charge in [-0.3, -0.25) is 9.59 Å². The summed E-state index contributed by atoms with van der Waals surface area (Å²) in [6.07, 6.45) is 0. The second kappa shape index (κ2) is 13.0. The number of nitrogens with zero attached hydrogens (tertiary/aromatic N) is 3. The number of urea groups is 1. The maximum Gasteiger partial charge on any atom is 0.332 e. The van der Waals surface area contributed by atoms with Gasteiger partial charge >= 0.3 is 6.03 Å². The molecule has 3 rings (SSSR count). The Hall–Kier alpha value is -3.04. The molecule has 1 fully saturated rings. The number of amides is 4. The normalized spacial score (nSPS) is 17.9. The van der Waals surface area contributed by atoms with Crippen LogP contribution in [-0.4, -0.2) is 77.8 Å². The molecular formula is C25H33N5O3S. The summed E-state index contributed by atoms with van der Waals surface area (Å²) < 4.78 is 0. The molecule has 2 aromatic rings. The van der Waals surface area contributed by atoms with Crippen molar-refractivity contribution in [1.29, 1.82) is 0 Å². The van der Waals surface area contributed by atoms with E-state index in [-0.39, 0.29) is 18.4 Å². The van der Waals surface area contributed by atoms with E-state index >= 15 is 0 Å².